The number of nitro groups is 1. The van der Waals surface area contributed by atoms with E-state index in [1.165, 1.54) is 35.7 Å². The van der Waals surface area contributed by atoms with Gasteiger partial charge >= 0.3 is 0 Å². The standard InChI is InChI=1S/C21H17N5O4S/c1-3-12-31-21-22-19-18(23-24-21)16-6-4-5-7-17(16)25(13(2)27)20(30-19)14-8-10-15(11-9-14)26(28)29/h3-11,20H,1,12H2,2H3/t20-/m1/s1. The molecular weight excluding hydrogens is 418 g/mol. The van der Waals surface area contributed by atoms with Crippen LogP contribution in [0.25, 0.3) is 11.3 Å². The fourth-order valence-electron chi connectivity index (χ4n) is 3.22. The van der Waals surface area contributed by atoms with Crippen LogP contribution in [0.5, 0.6) is 5.88 Å². The van der Waals surface area contributed by atoms with E-state index in [0.717, 1.165) is 0 Å². The number of thioether (sulfide) groups is 1. The average Bonchev–Trinajstić information content (AvgIpc) is 2.92. The number of rotatable bonds is 5. The smallest absolute Gasteiger partial charge is 0.269 e. The maximum atomic E-state index is 12.7. The summed E-state index contributed by atoms with van der Waals surface area (Å²) in [5, 5.41) is 19.9. The summed E-state index contributed by atoms with van der Waals surface area (Å²) in [6.07, 6.45) is 0.835. The largest absolute Gasteiger partial charge is 0.447 e. The third kappa shape index (κ3) is 3.97. The quantitative estimate of drug-likeness (QED) is 0.254. The predicted molar refractivity (Wildman–Crippen MR) is 116 cm³/mol. The van der Waals surface area contributed by atoms with Gasteiger partial charge in [-0.05, 0) is 18.2 Å². The molecule has 0 saturated heterocycles. The third-order valence-electron chi connectivity index (χ3n) is 4.57. The Bertz CT molecular complexity index is 1170. The third-order valence-corrected chi connectivity index (χ3v) is 5.40. The number of ether oxygens (including phenoxy) is 1. The van der Waals surface area contributed by atoms with Gasteiger partial charge in [0.1, 0.15) is 0 Å². The van der Waals surface area contributed by atoms with Gasteiger partial charge in [-0.15, -0.1) is 16.8 Å². The summed E-state index contributed by atoms with van der Waals surface area (Å²) in [5.74, 6) is 0.557. The molecule has 31 heavy (non-hydrogen) atoms. The van der Waals surface area contributed by atoms with Crippen LogP contribution in [-0.2, 0) is 4.79 Å². The Kier molecular flexibility index (Phi) is 5.63. The molecule has 0 aliphatic carbocycles. The van der Waals surface area contributed by atoms with E-state index in [9.17, 15) is 14.9 Å². The molecule has 0 radical (unpaired) electrons. The molecule has 0 bridgehead atoms. The average molecular weight is 435 g/mol. The molecule has 2 aromatic carbocycles. The molecule has 0 saturated carbocycles. The normalized spacial score (nSPS) is 14.6. The molecule has 1 aromatic heterocycles. The maximum Gasteiger partial charge on any atom is 0.269 e. The zero-order valence-corrected chi connectivity index (χ0v) is 17.3. The van der Waals surface area contributed by atoms with Crippen LogP contribution < -0.4 is 9.64 Å². The van der Waals surface area contributed by atoms with E-state index in [0.29, 0.717) is 33.4 Å². The molecule has 1 atom stereocenters. The minimum atomic E-state index is -0.894. The number of carbonyl (C=O) groups is 1. The summed E-state index contributed by atoms with van der Waals surface area (Å²) >= 11 is 1.35. The highest BCUT2D eigenvalue weighted by atomic mass is 32.2. The first kappa shape index (κ1) is 20.5. The number of nitrogens with zero attached hydrogens (tertiary/aromatic N) is 5. The number of fused-ring (bicyclic) bond motifs is 3. The van der Waals surface area contributed by atoms with Crippen LogP contribution in [0.4, 0.5) is 11.4 Å². The van der Waals surface area contributed by atoms with E-state index in [4.69, 9.17) is 4.74 Å². The molecule has 0 spiro atoms. The Labute approximate surface area is 181 Å². The van der Waals surface area contributed by atoms with Gasteiger partial charge in [-0.2, -0.15) is 4.98 Å². The van der Waals surface area contributed by atoms with Crippen LogP contribution in [-0.4, -0.2) is 31.8 Å². The van der Waals surface area contributed by atoms with Crippen molar-refractivity contribution in [1.29, 1.82) is 0 Å². The molecule has 0 fully saturated rings. The first-order chi connectivity index (χ1) is 15.0. The van der Waals surface area contributed by atoms with E-state index in [-0.39, 0.29) is 17.5 Å². The Balaban J connectivity index is 1.88. The molecule has 0 unspecified atom stereocenters. The minimum absolute atomic E-state index is 0.0559. The number of hydrogen-bond donors (Lipinski definition) is 0. The van der Waals surface area contributed by atoms with Gasteiger partial charge in [0.25, 0.3) is 5.69 Å². The van der Waals surface area contributed by atoms with Gasteiger partial charge in [-0.1, -0.05) is 36.0 Å². The van der Waals surface area contributed by atoms with Crippen LogP contribution in [0.15, 0.2) is 66.3 Å². The fraction of sp³-hybridized carbons (Fsp3) is 0.143. The summed E-state index contributed by atoms with van der Waals surface area (Å²) in [7, 11) is 0. The first-order valence-electron chi connectivity index (χ1n) is 9.28. The Morgan fingerprint density at radius 2 is 2.00 bits per heavy atom. The van der Waals surface area contributed by atoms with Crippen molar-refractivity contribution in [2.24, 2.45) is 0 Å². The van der Waals surface area contributed by atoms with Crippen molar-refractivity contribution in [2.75, 3.05) is 10.7 Å². The van der Waals surface area contributed by atoms with Gasteiger partial charge in [-0.25, -0.2) is 0 Å². The van der Waals surface area contributed by atoms with E-state index in [1.807, 2.05) is 18.2 Å². The number of non-ortho nitro benzene ring substituents is 1. The topological polar surface area (TPSA) is 111 Å². The summed E-state index contributed by atoms with van der Waals surface area (Å²) in [4.78, 5) is 29.2. The van der Waals surface area contributed by atoms with E-state index in [1.54, 1.807) is 24.3 Å². The number of para-hydroxylation sites is 1. The second-order valence-corrected chi connectivity index (χ2v) is 7.56. The van der Waals surface area contributed by atoms with Crippen molar-refractivity contribution in [2.45, 2.75) is 18.3 Å². The van der Waals surface area contributed by atoms with Crippen LogP contribution in [0, 0.1) is 10.1 Å². The SMILES string of the molecule is C=CCSc1nnc2c(n1)O[C@H](c1ccc([N+](=O)[O-])cc1)N(C(C)=O)c1ccccc1-2. The summed E-state index contributed by atoms with van der Waals surface area (Å²) in [5.41, 5.74) is 2.15. The van der Waals surface area contributed by atoms with Gasteiger partial charge in [-0.3, -0.25) is 19.8 Å². The number of carbonyl (C=O) groups excluding carboxylic acids is 1. The number of amides is 1. The molecular formula is C21H17N5O4S. The fourth-order valence-corrected chi connectivity index (χ4v) is 3.74. The monoisotopic (exact) mass is 435 g/mol. The van der Waals surface area contributed by atoms with Crippen LogP contribution in [0.2, 0.25) is 0 Å². The molecule has 9 nitrogen and oxygen atoms in total. The van der Waals surface area contributed by atoms with E-state index < -0.39 is 11.2 Å². The number of hydrogen-bond acceptors (Lipinski definition) is 8. The Morgan fingerprint density at radius 3 is 2.68 bits per heavy atom. The van der Waals surface area contributed by atoms with Gasteiger partial charge in [0.15, 0.2) is 5.69 Å². The minimum Gasteiger partial charge on any atom is -0.447 e. The molecule has 2 heterocycles. The molecule has 156 valence electrons. The van der Waals surface area contributed by atoms with Gasteiger partial charge in [0.2, 0.25) is 23.2 Å². The zero-order valence-electron chi connectivity index (χ0n) is 16.5. The van der Waals surface area contributed by atoms with E-state index in [2.05, 4.69) is 21.8 Å². The summed E-state index contributed by atoms with van der Waals surface area (Å²) < 4.78 is 6.20. The van der Waals surface area contributed by atoms with Gasteiger partial charge in [0.05, 0.1) is 10.6 Å². The number of benzene rings is 2. The molecule has 1 aliphatic heterocycles. The molecule has 1 amide bonds. The second-order valence-electron chi connectivity index (χ2n) is 6.57. The predicted octanol–water partition coefficient (Wildman–Crippen LogP) is 4.17. The number of aromatic nitrogens is 3. The van der Waals surface area contributed by atoms with Crippen molar-refractivity contribution in [3.8, 4) is 17.1 Å². The molecule has 1 aliphatic rings. The lowest BCUT2D eigenvalue weighted by atomic mass is 10.1. The molecule has 10 heteroatoms. The maximum absolute atomic E-state index is 12.7. The molecule has 0 N–H and O–H groups in total. The van der Waals surface area contributed by atoms with Crippen molar-refractivity contribution in [1.82, 2.24) is 15.2 Å². The highest BCUT2D eigenvalue weighted by Crippen LogP contribution is 2.43. The highest BCUT2D eigenvalue weighted by Gasteiger charge is 2.34. The van der Waals surface area contributed by atoms with Gasteiger partial charge in [0, 0.05) is 35.9 Å². The first-order valence-corrected chi connectivity index (χ1v) is 10.3. The molecule has 4 rings (SSSR count). The van der Waals surface area contributed by atoms with Crippen LogP contribution in [0.1, 0.15) is 18.7 Å². The number of nitro benzene ring substituents is 1. The summed E-state index contributed by atoms with van der Waals surface area (Å²) in [6.45, 7) is 5.12. The lowest BCUT2D eigenvalue weighted by Gasteiger charge is -2.29. The van der Waals surface area contributed by atoms with Crippen molar-refractivity contribution in [3.05, 3.63) is 76.9 Å². The zero-order chi connectivity index (χ0) is 22.0. The lowest BCUT2D eigenvalue weighted by molar-refractivity contribution is -0.384. The van der Waals surface area contributed by atoms with Crippen LogP contribution in [0.3, 0.4) is 0 Å². The second kappa shape index (κ2) is 8.52. The highest BCUT2D eigenvalue weighted by molar-refractivity contribution is 7.99. The summed E-state index contributed by atoms with van der Waals surface area (Å²) in [6, 6.07) is 13.1. The van der Waals surface area contributed by atoms with Crippen molar-refractivity contribution >= 4 is 29.0 Å². The van der Waals surface area contributed by atoms with E-state index >= 15 is 0 Å². The van der Waals surface area contributed by atoms with Crippen molar-refractivity contribution < 1.29 is 14.5 Å². The Hall–Kier alpha value is -3.79. The van der Waals surface area contributed by atoms with Crippen LogP contribution >= 0.6 is 11.8 Å². The van der Waals surface area contributed by atoms with Gasteiger partial charge < -0.3 is 4.74 Å². The lowest BCUT2D eigenvalue weighted by Crippen LogP contribution is -2.36. The number of anilines is 1. The Morgan fingerprint density at radius 1 is 1.26 bits per heavy atom. The van der Waals surface area contributed by atoms with Crippen molar-refractivity contribution in [3.63, 3.8) is 0 Å². The molecule has 3 aromatic rings.